The maximum absolute atomic E-state index is 9.71. The maximum atomic E-state index is 9.71. The van der Waals surface area contributed by atoms with Gasteiger partial charge in [-0.2, -0.15) is 0 Å². The Kier molecular flexibility index (Phi) is 32.7. The topological polar surface area (TPSA) is 201 Å². The number of nitrogens with two attached hydrogens (primary N) is 1. The third-order valence-corrected chi connectivity index (χ3v) is 0.689. The van der Waals surface area contributed by atoms with Crippen LogP contribution in [0, 0.1) is 0 Å². The van der Waals surface area contributed by atoms with Crippen LogP contribution in [0.25, 0.3) is 0 Å². The van der Waals surface area contributed by atoms with Crippen molar-refractivity contribution in [2.24, 2.45) is 5.73 Å². The van der Waals surface area contributed by atoms with Gasteiger partial charge in [-0.05, 0) is 0 Å². The van der Waals surface area contributed by atoms with Crippen molar-refractivity contribution in [3.8, 4) is 0 Å². The van der Waals surface area contributed by atoms with Crippen LogP contribution in [0.4, 0.5) is 0 Å². The third-order valence-electron chi connectivity index (χ3n) is 0.689. The Morgan fingerprint density at radius 2 is 1.46 bits per heavy atom. The summed E-state index contributed by atoms with van der Waals surface area (Å²) in [6.07, 6.45) is -0.706. The number of rotatable bonds is 3. The number of hydrogen-bond donors (Lipinski definition) is 1. The SMILES string of the molecule is N[C@@H](CC(=O)[O-])C(=O)[O-].O.O.O.[Ca+2]. The van der Waals surface area contributed by atoms with Gasteiger partial charge < -0.3 is 42.0 Å². The molecule has 0 aliphatic rings. The molecular weight excluding hydrogens is 214 g/mol. The zero-order chi connectivity index (χ0) is 7.44. The first-order valence-corrected chi connectivity index (χ1v) is 2.20. The van der Waals surface area contributed by atoms with E-state index < -0.39 is 24.4 Å². The first kappa shape index (κ1) is 29.2. The van der Waals surface area contributed by atoms with Crippen molar-refractivity contribution in [3.63, 3.8) is 0 Å². The van der Waals surface area contributed by atoms with Crippen LogP contribution in [0.1, 0.15) is 6.42 Å². The second-order valence-corrected chi connectivity index (χ2v) is 1.50. The Bertz CT molecular complexity index is 140. The number of carboxylic acid groups (broad SMARTS) is 2. The van der Waals surface area contributed by atoms with Crippen molar-refractivity contribution >= 4 is 49.7 Å². The van der Waals surface area contributed by atoms with Crippen LogP contribution in [-0.2, 0) is 9.59 Å². The number of carboxylic acids is 2. The molecule has 76 valence electrons. The monoisotopic (exact) mass is 225 g/mol. The predicted octanol–water partition coefficient (Wildman–Crippen LogP) is -6.65. The van der Waals surface area contributed by atoms with Gasteiger partial charge in [-0.1, -0.05) is 0 Å². The molecule has 13 heavy (non-hydrogen) atoms. The van der Waals surface area contributed by atoms with Gasteiger partial charge >= 0.3 is 37.7 Å². The number of carbonyl (C=O) groups excluding carboxylic acids is 2. The van der Waals surface area contributed by atoms with E-state index in [0.717, 1.165) is 0 Å². The molecule has 0 aliphatic carbocycles. The fourth-order valence-corrected chi connectivity index (χ4v) is 0.263. The summed E-state index contributed by atoms with van der Waals surface area (Å²) < 4.78 is 0. The molecule has 0 heterocycles. The molecule has 0 aromatic heterocycles. The summed E-state index contributed by atoms with van der Waals surface area (Å²) in [5, 5.41) is 19.3. The summed E-state index contributed by atoms with van der Waals surface area (Å²) in [7, 11) is 0. The van der Waals surface area contributed by atoms with Gasteiger partial charge in [-0.15, -0.1) is 0 Å². The molecule has 0 saturated carbocycles. The van der Waals surface area contributed by atoms with Crippen LogP contribution < -0.4 is 15.9 Å². The van der Waals surface area contributed by atoms with Crippen molar-refractivity contribution < 1.29 is 36.2 Å². The smallest absolute Gasteiger partial charge is 0.550 e. The molecule has 0 aromatic rings. The van der Waals surface area contributed by atoms with E-state index in [1.165, 1.54) is 0 Å². The van der Waals surface area contributed by atoms with Gasteiger partial charge in [0.1, 0.15) is 0 Å². The second-order valence-electron chi connectivity index (χ2n) is 1.50. The zero-order valence-corrected chi connectivity index (χ0v) is 8.91. The Balaban J connectivity index is -0.0000000533. The largest absolute Gasteiger partial charge is 2.00 e. The average molecular weight is 225 g/mol. The van der Waals surface area contributed by atoms with Gasteiger partial charge in [0.2, 0.25) is 0 Å². The summed E-state index contributed by atoms with van der Waals surface area (Å²) in [6, 6.07) is -1.46. The number of hydrogen-bond acceptors (Lipinski definition) is 5. The first-order chi connectivity index (χ1) is 4.04. The average Bonchev–Trinajstić information content (AvgIpc) is 1.63. The van der Waals surface area contributed by atoms with Crippen LogP contribution in [0.15, 0.2) is 0 Å². The van der Waals surface area contributed by atoms with Crippen LogP contribution in [0.5, 0.6) is 0 Å². The molecule has 0 radical (unpaired) electrons. The normalized spacial score (nSPS) is 8.69. The van der Waals surface area contributed by atoms with E-state index in [0.29, 0.717) is 0 Å². The van der Waals surface area contributed by atoms with Gasteiger partial charge in [0.05, 0.1) is 5.97 Å². The second kappa shape index (κ2) is 14.6. The van der Waals surface area contributed by atoms with E-state index in [-0.39, 0.29) is 54.2 Å². The molecule has 0 bridgehead atoms. The Morgan fingerprint density at radius 1 is 1.15 bits per heavy atom. The van der Waals surface area contributed by atoms with Crippen LogP contribution in [0.2, 0.25) is 0 Å². The summed E-state index contributed by atoms with van der Waals surface area (Å²) in [4.78, 5) is 19.3. The molecule has 8 nitrogen and oxygen atoms in total. The fraction of sp³-hybridized carbons (Fsp3) is 0.500. The molecule has 0 fully saturated rings. The minimum Gasteiger partial charge on any atom is -0.550 e. The number of carbonyl (C=O) groups is 2. The van der Waals surface area contributed by atoms with Crippen molar-refractivity contribution in [2.45, 2.75) is 12.5 Å². The van der Waals surface area contributed by atoms with Crippen LogP contribution in [0.3, 0.4) is 0 Å². The molecule has 0 aliphatic heterocycles. The minimum absolute atomic E-state index is 0. The maximum Gasteiger partial charge on any atom is 2.00 e. The van der Waals surface area contributed by atoms with Crippen molar-refractivity contribution in [1.82, 2.24) is 0 Å². The minimum atomic E-state index is -1.58. The van der Waals surface area contributed by atoms with Crippen LogP contribution >= 0.6 is 0 Å². The van der Waals surface area contributed by atoms with Crippen molar-refractivity contribution in [1.29, 1.82) is 0 Å². The van der Waals surface area contributed by atoms with E-state index in [2.05, 4.69) is 0 Å². The van der Waals surface area contributed by atoms with E-state index in [9.17, 15) is 19.8 Å². The van der Waals surface area contributed by atoms with E-state index in [4.69, 9.17) is 5.73 Å². The van der Waals surface area contributed by atoms with E-state index >= 15 is 0 Å². The summed E-state index contributed by atoms with van der Waals surface area (Å²) >= 11 is 0. The molecule has 0 rings (SSSR count). The first-order valence-electron chi connectivity index (χ1n) is 2.20. The Labute approximate surface area is 104 Å². The molecule has 8 N–H and O–H groups in total. The molecule has 0 saturated heterocycles. The van der Waals surface area contributed by atoms with Crippen molar-refractivity contribution in [2.75, 3.05) is 0 Å². The zero-order valence-electron chi connectivity index (χ0n) is 6.70. The summed E-state index contributed by atoms with van der Waals surface area (Å²) in [6.45, 7) is 0. The standard InChI is InChI=1S/C4H7NO4.Ca.3H2O/c5-2(4(8)9)1-3(6)7;;;;/h2H,1,5H2,(H,6,7)(H,8,9);;3*1H2/q;+2;;;/p-2/t2-;;;;/m0..../s1. The Hall–Kier alpha value is 0.0397. The molecular formula is C4H11CaNO7. The van der Waals surface area contributed by atoms with Gasteiger partial charge in [0, 0.05) is 18.4 Å². The molecule has 1 atom stereocenters. The van der Waals surface area contributed by atoms with Gasteiger partial charge in [-0.3, -0.25) is 0 Å². The third kappa shape index (κ3) is 18.8. The van der Waals surface area contributed by atoms with Crippen molar-refractivity contribution in [3.05, 3.63) is 0 Å². The fourth-order valence-electron chi connectivity index (χ4n) is 0.263. The molecule has 0 unspecified atom stereocenters. The number of aliphatic carboxylic acids is 2. The summed E-state index contributed by atoms with van der Waals surface area (Å²) in [5.74, 6) is -3.08. The molecule has 0 amide bonds. The van der Waals surface area contributed by atoms with Gasteiger partial charge in [0.15, 0.2) is 0 Å². The van der Waals surface area contributed by atoms with E-state index in [1.54, 1.807) is 0 Å². The van der Waals surface area contributed by atoms with Crippen LogP contribution in [-0.4, -0.2) is 72.1 Å². The quantitative estimate of drug-likeness (QED) is 0.464. The molecule has 0 aromatic carbocycles. The molecule has 0 spiro atoms. The predicted molar refractivity (Wildman–Crippen MR) is 39.2 cm³/mol. The van der Waals surface area contributed by atoms with Gasteiger partial charge in [-0.25, -0.2) is 0 Å². The van der Waals surface area contributed by atoms with E-state index in [1.807, 2.05) is 0 Å². The Morgan fingerprint density at radius 3 is 1.54 bits per heavy atom. The summed E-state index contributed by atoms with van der Waals surface area (Å²) in [5.41, 5.74) is 4.73. The molecule has 9 heteroatoms. The van der Waals surface area contributed by atoms with Gasteiger partial charge in [0.25, 0.3) is 0 Å².